The number of amides is 1. The fraction of sp³-hybridized carbons (Fsp3) is 0.462. The highest BCUT2D eigenvalue weighted by molar-refractivity contribution is 5.85. The quantitative estimate of drug-likeness (QED) is 0.869. The second-order valence-electron chi connectivity index (χ2n) is 4.49. The van der Waals surface area contributed by atoms with Crippen LogP contribution in [0.1, 0.15) is 12.5 Å². The van der Waals surface area contributed by atoms with Gasteiger partial charge in [-0.05, 0) is 6.92 Å². The monoisotopic (exact) mass is 254 g/mol. The largest absolute Gasteiger partial charge is 0.349 e. The standard InChI is InChI=1S/C13H16F2N2O/c1-10-9-16-7-8-17(10)12(18)13(14,15)11-5-3-2-4-6-11/h2-6,10,16H,7-9H2,1H3. The number of hydrogen-bond acceptors (Lipinski definition) is 2. The minimum absolute atomic E-state index is 0.208. The average Bonchev–Trinajstić information content (AvgIpc) is 2.39. The lowest BCUT2D eigenvalue weighted by Gasteiger charge is -2.36. The molecule has 1 fully saturated rings. The first-order valence-electron chi connectivity index (χ1n) is 5.98. The minimum atomic E-state index is -3.45. The summed E-state index contributed by atoms with van der Waals surface area (Å²) in [5, 5.41) is 3.07. The lowest BCUT2D eigenvalue weighted by molar-refractivity contribution is -0.162. The Balaban J connectivity index is 2.21. The number of alkyl halides is 2. The number of halogens is 2. The summed E-state index contributed by atoms with van der Waals surface area (Å²) in [7, 11) is 0. The number of benzene rings is 1. The molecule has 1 N–H and O–H groups in total. The lowest BCUT2D eigenvalue weighted by Crippen LogP contribution is -2.55. The van der Waals surface area contributed by atoms with Crippen molar-refractivity contribution in [2.45, 2.75) is 18.9 Å². The van der Waals surface area contributed by atoms with Crippen LogP contribution in [-0.4, -0.2) is 36.5 Å². The minimum Gasteiger partial charge on any atom is -0.332 e. The van der Waals surface area contributed by atoms with Gasteiger partial charge in [-0.25, -0.2) is 0 Å². The zero-order chi connectivity index (χ0) is 13.2. The Hall–Kier alpha value is -1.49. The topological polar surface area (TPSA) is 32.3 Å². The van der Waals surface area contributed by atoms with Gasteiger partial charge < -0.3 is 10.2 Å². The van der Waals surface area contributed by atoms with Gasteiger partial charge in [-0.1, -0.05) is 30.3 Å². The normalized spacial score (nSPS) is 20.8. The van der Waals surface area contributed by atoms with Gasteiger partial charge in [0.25, 0.3) is 5.91 Å². The van der Waals surface area contributed by atoms with E-state index in [0.717, 1.165) is 0 Å². The summed E-state index contributed by atoms with van der Waals surface area (Å²) < 4.78 is 28.2. The molecule has 3 nitrogen and oxygen atoms in total. The first-order chi connectivity index (χ1) is 8.53. The third-order valence-electron chi connectivity index (χ3n) is 3.17. The highest BCUT2D eigenvalue weighted by atomic mass is 19.3. The van der Waals surface area contributed by atoms with Crippen molar-refractivity contribution in [3.8, 4) is 0 Å². The maximum atomic E-state index is 14.1. The molecule has 0 aliphatic carbocycles. The van der Waals surface area contributed by atoms with Gasteiger partial charge in [-0.3, -0.25) is 4.79 Å². The Morgan fingerprint density at radius 1 is 1.39 bits per heavy atom. The highest BCUT2D eigenvalue weighted by Crippen LogP contribution is 2.30. The van der Waals surface area contributed by atoms with E-state index in [2.05, 4.69) is 5.32 Å². The third kappa shape index (κ3) is 2.36. The third-order valence-corrected chi connectivity index (χ3v) is 3.17. The average molecular weight is 254 g/mol. The van der Waals surface area contributed by atoms with Crippen LogP contribution in [0, 0.1) is 0 Å². The van der Waals surface area contributed by atoms with Crippen molar-refractivity contribution < 1.29 is 13.6 Å². The molecule has 18 heavy (non-hydrogen) atoms. The molecule has 1 aliphatic heterocycles. The van der Waals surface area contributed by atoms with Crippen LogP contribution in [0.15, 0.2) is 30.3 Å². The summed E-state index contributed by atoms with van der Waals surface area (Å²) in [4.78, 5) is 13.2. The number of piperazine rings is 1. The number of nitrogens with zero attached hydrogens (tertiary/aromatic N) is 1. The zero-order valence-corrected chi connectivity index (χ0v) is 10.2. The smallest absolute Gasteiger partial charge is 0.332 e. The van der Waals surface area contributed by atoms with E-state index < -0.39 is 11.8 Å². The van der Waals surface area contributed by atoms with Crippen LogP contribution in [0.4, 0.5) is 8.78 Å². The van der Waals surface area contributed by atoms with Gasteiger partial charge in [0.1, 0.15) is 0 Å². The fourth-order valence-corrected chi connectivity index (χ4v) is 2.09. The lowest BCUT2D eigenvalue weighted by atomic mass is 10.1. The van der Waals surface area contributed by atoms with Crippen molar-refractivity contribution in [2.24, 2.45) is 0 Å². The summed E-state index contributed by atoms with van der Waals surface area (Å²) in [6.07, 6.45) is 0. The Labute approximate surface area is 105 Å². The second-order valence-corrected chi connectivity index (χ2v) is 4.49. The van der Waals surface area contributed by atoms with Crippen LogP contribution in [0.2, 0.25) is 0 Å². The number of nitrogens with one attached hydrogen (secondary N) is 1. The molecule has 1 aromatic carbocycles. The van der Waals surface area contributed by atoms with Gasteiger partial charge in [-0.2, -0.15) is 8.78 Å². The maximum absolute atomic E-state index is 14.1. The Morgan fingerprint density at radius 2 is 2.06 bits per heavy atom. The Kier molecular flexibility index (Phi) is 3.61. The van der Waals surface area contributed by atoms with E-state index in [4.69, 9.17) is 0 Å². The van der Waals surface area contributed by atoms with Gasteiger partial charge in [0.2, 0.25) is 0 Å². The Morgan fingerprint density at radius 3 is 2.67 bits per heavy atom. The van der Waals surface area contributed by atoms with Crippen LogP contribution in [0.25, 0.3) is 0 Å². The van der Waals surface area contributed by atoms with E-state index in [0.29, 0.717) is 19.6 Å². The van der Waals surface area contributed by atoms with E-state index in [1.807, 2.05) is 0 Å². The molecule has 2 rings (SSSR count). The van der Waals surface area contributed by atoms with E-state index in [1.165, 1.54) is 29.2 Å². The second kappa shape index (κ2) is 5.02. The molecular weight excluding hydrogens is 238 g/mol. The number of rotatable bonds is 2. The predicted molar refractivity (Wildman–Crippen MR) is 64.4 cm³/mol. The van der Waals surface area contributed by atoms with E-state index in [9.17, 15) is 13.6 Å². The number of carbonyl (C=O) groups excluding carboxylic acids is 1. The van der Waals surface area contributed by atoms with Gasteiger partial charge in [0.05, 0.1) is 0 Å². The molecule has 1 saturated heterocycles. The zero-order valence-electron chi connectivity index (χ0n) is 10.2. The van der Waals surface area contributed by atoms with Crippen LogP contribution in [0.3, 0.4) is 0 Å². The van der Waals surface area contributed by atoms with Crippen LogP contribution in [-0.2, 0) is 10.7 Å². The molecule has 0 spiro atoms. The molecule has 0 aromatic heterocycles. The molecule has 0 saturated carbocycles. The van der Waals surface area contributed by atoms with E-state index in [1.54, 1.807) is 13.0 Å². The van der Waals surface area contributed by atoms with E-state index >= 15 is 0 Å². The van der Waals surface area contributed by atoms with Gasteiger partial charge in [0, 0.05) is 31.2 Å². The van der Waals surface area contributed by atoms with Crippen molar-refractivity contribution in [1.82, 2.24) is 10.2 Å². The summed E-state index contributed by atoms with van der Waals surface area (Å²) in [6, 6.07) is 7.03. The molecule has 1 aromatic rings. The molecule has 0 radical (unpaired) electrons. The van der Waals surface area contributed by atoms with Crippen molar-refractivity contribution in [3.05, 3.63) is 35.9 Å². The van der Waals surface area contributed by atoms with Crippen molar-refractivity contribution in [2.75, 3.05) is 19.6 Å². The van der Waals surface area contributed by atoms with Gasteiger partial charge >= 0.3 is 5.92 Å². The van der Waals surface area contributed by atoms with Crippen LogP contribution < -0.4 is 5.32 Å². The van der Waals surface area contributed by atoms with E-state index in [-0.39, 0.29) is 11.6 Å². The molecule has 1 heterocycles. The highest BCUT2D eigenvalue weighted by Gasteiger charge is 2.45. The SMILES string of the molecule is CC1CNCCN1C(=O)C(F)(F)c1ccccc1. The molecule has 5 heteroatoms. The predicted octanol–water partition coefficient (Wildman–Crippen LogP) is 1.60. The Bertz CT molecular complexity index is 422. The number of hydrogen-bond donors (Lipinski definition) is 1. The molecule has 1 aliphatic rings. The van der Waals surface area contributed by atoms with Crippen molar-refractivity contribution >= 4 is 5.91 Å². The molecule has 0 bridgehead atoms. The summed E-state index contributed by atoms with van der Waals surface area (Å²) in [5.41, 5.74) is -0.249. The van der Waals surface area contributed by atoms with Crippen molar-refractivity contribution in [1.29, 1.82) is 0 Å². The molecule has 1 amide bonds. The molecular formula is C13H16F2N2O. The molecule has 1 unspecified atom stereocenters. The molecule has 98 valence electrons. The van der Waals surface area contributed by atoms with Crippen molar-refractivity contribution in [3.63, 3.8) is 0 Å². The summed E-state index contributed by atoms with van der Waals surface area (Å²) >= 11 is 0. The van der Waals surface area contributed by atoms with Gasteiger partial charge in [0.15, 0.2) is 0 Å². The summed E-state index contributed by atoms with van der Waals surface area (Å²) in [5.74, 6) is -4.56. The summed E-state index contributed by atoms with van der Waals surface area (Å²) in [6.45, 7) is 3.20. The first kappa shape index (κ1) is 13.0. The molecule has 1 atom stereocenters. The van der Waals surface area contributed by atoms with Crippen LogP contribution in [0.5, 0.6) is 0 Å². The van der Waals surface area contributed by atoms with Gasteiger partial charge in [-0.15, -0.1) is 0 Å². The maximum Gasteiger partial charge on any atom is 0.349 e. The first-order valence-corrected chi connectivity index (χ1v) is 5.98. The fourth-order valence-electron chi connectivity index (χ4n) is 2.09. The van der Waals surface area contributed by atoms with Crippen LogP contribution >= 0.6 is 0 Å². The number of carbonyl (C=O) groups is 1.